The lowest BCUT2D eigenvalue weighted by Crippen LogP contribution is -2.55. The van der Waals surface area contributed by atoms with Gasteiger partial charge in [-0.1, -0.05) is 6.07 Å². The van der Waals surface area contributed by atoms with Crippen LogP contribution in [0.5, 0.6) is 0 Å². The molecule has 0 aromatic heterocycles. The number of nitrogens with zero attached hydrogens (tertiary/aromatic N) is 2. The maximum Gasteiger partial charge on any atom is 0.241 e. The van der Waals surface area contributed by atoms with Gasteiger partial charge in [-0.25, -0.2) is 4.39 Å². The van der Waals surface area contributed by atoms with Crippen LogP contribution in [-0.4, -0.2) is 66.9 Å². The van der Waals surface area contributed by atoms with E-state index in [0.29, 0.717) is 31.9 Å². The van der Waals surface area contributed by atoms with Crippen molar-refractivity contribution >= 4 is 17.5 Å². The summed E-state index contributed by atoms with van der Waals surface area (Å²) in [5.74, 6) is -0.145. The lowest BCUT2D eigenvalue weighted by atomic mass is 9.96. The molecule has 1 atom stereocenters. The van der Waals surface area contributed by atoms with Crippen molar-refractivity contribution in [2.45, 2.75) is 25.8 Å². The molecule has 0 spiro atoms. The fraction of sp³-hybridized carbons (Fsp3) is 0.579. The number of nitrogens with one attached hydrogen (secondary N) is 2. The van der Waals surface area contributed by atoms with Gasteiger partial charge in [0.25, 0.3) is 0 Å². The molecule has 1 unspecified atom stereocenters. The minimum absolute atomic E-state index is 0.136. The van der Waals surface area contributed by atoms with Gasteiger partial charge in [0.2, 0.25) is 11.8 Å². The number of piperidine rings is 1. The minimum atomic E-state index is -0.375. The zero-order valence-corrected chi connectivity index (χ0v) is 15.2. The largest absolute Gasteiger partial charge is 0.340 e. The molecule has 3 rings (SSSR count). The zero-order valence-electron chi connectivity index (χ0n) is 15.2. The second kappa shape index (κ2) is 8.60. The molecule has 0 radical (unpaired) electrons. The molecule has 0 aliphatic carbocycles. The van der Waals surface area contributed by atoms with E-state index in [0.717, 1.165) is 25.9 Å². The SMILES string of the molecule is CC(C(=O)Nc1cccc(F)c1)N1CCN(C(=O)C2CCNCC2)CC1. The van der Waals surface area contributed by atoms with Gasteiger partial charge in [-0.3, -0.25) is 14.5 Å². The van der Waals surface area contributed by atoms with E-state index in [-0.39, 0.29) is 29.6 Å². The van der Waals surface area contributed by atoms with Gasteiger partial charge in [0.15, 0.2) is 0 Å². The van der Waals surface area contributed by atoms with Gasteiger partial charge in [-0.05, 0) is 51.1 Å². The Morgan fingerprint density at radius 1 is 1.19 bits per heavy atom. The predicted molar refractivity (Wildman–Crippen MR) is 98.2 cm³/mol. The minimum Gasteiger partial charge on any atom is -0.340 e. The average Bonchev–Trinajstić information content (AvgIpc) is 2.67. The Morgan fingerprint density at radius 2 is 1.88 bits per heavy atom. The monoisotopic (exact) mass is 362 g/mol. The number of hydrogen-bond donors (Lipinski definition) is 2. The number of hydrogen-bond acceptors (Lipinski definition) is 4. The lowest BCUT2D eigenvalue weighted by Gasteiger charge is -2.39. The molecule has 1 aromatic carbocycles. The maximum atomic E-state index is 13.2. The second-order valence-corrected chi connectivity index (χ2v) is 7.06. The topological polar surface area (TPSA) is 64.7 Å². The number of carbonyl (C=O) groups is 2. The Bertz CT molecular complexity index is 640. The molecule has 0 saturated carbocycles. The van der Waals surface area contributed by atoms with Crippen LogP contribution in [0.1, 0.15) is 19.8 Å². The van der Waals surface area contributed by atoms with E-state index in [2.05, 4.69) is 15.5 Å². The van der Waals surface area contributed by atoms with E-state index in [1.807, 2.05) is 11.8 Å². The lowest BCUT2D eigenvalue weighted by molar-refractivity contribution is -0.138. The fourth-order valence-electron chi connectivity index (χ4n) is 3.64. The predicted octanol–water partition coefficient (Wildman–Crippen LogP) is 1.30. The number of amides is 2. The summed E-state index contributed by atoms with van der Waals surface area (Å²) in [5, 5.41) is 6.04. The Kier molecular flexibility index (Phi) is 6.21. The molecule has 0 bridgehead atoms. The van der Waals surface area contributed by atoms with Crippen LogP contribution in [0.4, 0.5) is 10.1 Å². The summed E-state index contributed by atoms with van der Waals surface area (Å²) in [7, 11) is 0. The summed E-state index contributed by atoms with van der Waals surface area (Å²) in [4.78, 5) is 29.0. The van der Waals surface area contributed by atoms with Crippen molar-refractivity contribution < 1.29 is 14.0 Å². The molecule has 2 saturated heterocycles. The van der Waals surface area contributed by atoms with Crippen molar-refractivity contribution in [1.29, 1.82) is 0 Å². The highest BCUT2D eigenvalue weighted by Crippen LogP contribution is 2.18. The second-order valence-electron chi connectivity index (χ2n) is 7.06. The van der Waals surface area contributed by atoms with Crippen LogP contribution in [0.25, 0.3) is 0 Å². The Labute approximate surface area is 153 Å². The van der Waals surface area contributed by atoms with Crippen LogP contribution in [-0.2, 0) is 9.59 Å². The highest BCUT2D eigenvalue weighted by molar-refractivity contribution is 5.94. The van der Waals surface area contributed by atoms with Crippen LogP contribution < -0.4 is 10.6 Å². The highest BCUT2D eigenvalue weighted by atomic mass is 19.1. The van der Waals surface area contributed by atoms with E-state index < -0.39 is 0 Å². The molecule has 7 heteroatoms. The summed E-state index contributed by atoms with van der Waals surface area (Å²) in [5.41, 5.74) is 0.460. The van der Waals surface area contributed by atoms with Crippen molar-refractivity contribution in [3.63, 3.8) is 0 Å². The summed E-state index contributed by atoms with van der Waals surface area (Å²) in [6.45, 7) is 6.32. The highest BCUT2D eigenvalue weighted by Gasteiger charge is 2.31. The Balaban J connectivity index is 1.49. The third-order valence-electron chi connectivity index (χ3n) is 5.33. The molecule has 2 fully saturated rings. The van der Waals surface area contributed by atoms with E-state index in [1.165, 1.54) is 12.1 Å². The molecule has 142 valence electrons. The van der Waals surface area contributed by atoms with Gasteiger partial charge in [-0.15, -0.1) is 0 Å². The van der Waals surface area contributed by atoms with Gasteiger partial charge >= 0.3 is 0 Å². The zero-order chi connectivity index (χ0) is 18.5. The van der Waals surface area contributed by atoms with Crippen molar-refractivity contribution in [2.75, 3.05) is 44.6 Å². The summed E-state index contributed by atoms with van der Waals surface area (Å²) < 4.78 is 13.2. The number of carbonyl (C=O) groups excluding carboxylic acids is 2. The van der Waals surface area contributed by atoms with Crippen LogP contribution in [0.2, 0.25) is 0 Å². The number of rotatable bonds is 4. The summed E-state index contributed by atoms with van der Waals surface area (Å²) in [6.07, 6.45) is 1.82. The van der Waals surface area contributed by atoms with Gasteiger partial charge in [0.05, 0.1) is 6.04 Å². The first kappa shape index (κ1) is 18.8. The molecule has 1 aromatic rings. The van der Waals surface area contributed by atoms with Gasteiger partial charge in [-0.2, -0.15) is 0 Å². The number of anilines is 1. The van der Waals surface area contributed by atoms with Crippen LogP contribution in [0.3, 0.4) is 0 Å². The maximum absolute atomic E-state index is 13.2. The van der Waals surface area contributed by atoms with Crippen LogP contribution >= 0.6 is 0 Å². The number of benzene rings is 1. The van der Waals surface area contributed by atoms with E-state index in [4.69, 9.17) is 0 Å². The number of piperazine rings is 1. The van der Waals surface area contributed by atoms with Crippen molar-refractivity contribution in [2.24, 2.45) is 5.92 Å². The van der Waals surface area contributed by atoms with Crippen LogP contribution in [0, 0.1) is 11.7 Å². The quantitative estimate of drug-likeness (QED) is 0.847. The molecule has 2 aliphatic rings. The molecule has 2 N–H and O–H groups in total. The molecule has 2 amide bonds. The normalized spacial score (nSPS) is 20.6. The van der Waals surface area contributed by atoms with Gasteiger partial charge < -0.3 is 15.5 Å². The first-order valence-electron chi connectivity index (χ1n) is 9.34. The van der Waals surface area contributed by atoms with Gasteiger partial charge in [0, 0.05) is 37.8 Å². The van der Waals surface area contributed by atoms with E-state index in [9.17, 15) is 14.0 Å². The smallest absolute Gasteiger partial charge is 0.241 e. The Hall–Kier alpha value is -1.99. The first-order valence-corrected chi connectivity index (χ1v) is 9.34. The third-order valence-corrected chi connectivity index (χ3v) is 5.33. The molecule has 2 heterocycles. The average molecular weight is 362 g/mol. The molecular weight excluding hydrogens is 335 g/mol. The number of halogens is 1. The Morgan fingerprint density at radius 3 is 2.54 bits per heavy atom. The standard InChI is InChI=1S/C19H27FN4O2/c1-14(18(25)22-17-4-2-3-16(20)13-17)23-9-11-24(12-10-23)19(26)15-5-7-21-8-6-15/h2-4,13-15,21H,5-12H2,1H3,(H,22,25). The fourth-order valence-corrected chi connectivity index (χ4v) is 3.64. The van der Waals surface area contributed by atoms with Crippen LogP contribution in [0.15, 0.2) is 24.3 Å². The molecule has 6 nitrogen and oxygen atoms in total. The molecule has 26 heavy (non-hydrogen) atoms. The summed E-state index contributed by atoms with van der Waals surface area (Å²) >= 11 is 0. The molecular formula is C19H27FN4O2. The van der Waals surface area contributed by atoms with Crippen molar-refractivity contribution in [3.05, 3.63) is 30.1 Å². The first-order chi connectivity index (χ1) is 12.5. The van der Waals surface area contributed by atoms with E-state index >= 15 is 0 Å². The van der Waals surface area contributed by atoms with Crippen molar-refractivity contribution in [1.82, 2.24) is 15.1 Å². The van der Waals surface area contributed by atoms with E-state index in [1.54, 1.807) is 12.1 Å². The van der Waals surface area contributed by atoms with Gasteiger partial charge in [0.1, 0.15) is 5.82 Å². The summed E-state index contributed by atoms with van der Waals surface area (Å²) in [6, 6.07) is 5.57. The molecule has 2 aliphatic heterocycles. The van der Waals surface area contributed by atoms with Crippen molar-refractivity contribution in [3.8, 4) is 0 Å². The third kappa shape index (κ3) is 4.59.